The number of rotatable bonds is 4. The molecule has 2 atom stereocenters. The zero-order valence-electron chi connectivity index (χ0n) is 11.4. The lowest BCUT2D eigenvalue weighted by Gasteiger charge is -2.11. The molecule has 1 aliphatic heterocycles. The van der Waals surface area contributed by atoms with Crippen molar-refractivity contribution in [3.63, 3.8) is 0 Å². The molecule has 0 fully saturated rings. The minimum atomic E-state index is 0.257. The molecule has 1 aromatic heterocycles. The van der Waals surface area contributed by atoms with Gasteiger partial charge in [-0.3, -0.25) is 4.99 Å². The summed E-state index contributed by atoms with van der Waals surface area (Å²) in [4.78, 5) is 10.4. The highest BCUT2D eigenvalue weighted by Crippen LogP contribution is 2.25. The first-order chi connectivity index (χ1) is 8.54. The maximum Gasteiger partial charge on any atom is 0.157 e. The van der Waals surface area contributed by atoms with Crippen molar-refractivity contribution in [3.05, 3.63) is 16.1 Å². The molecular formula is C13H21N3S2. The van der Waals surface area contributed by atoms with Crippen molar-refractivity contribution in [2.45, 2.75) is 46.2 Å². The molecule has 2 unspecified atom stereocenters. The summed E-state index contributed by atoms with van der Waals surface area (Å²) in [6.45, 7) is 8.75. The number of thiazole rings is 1. The Labute approximate surface area is 118 Å². The fourth-order valence-electron chi connectivity index (χ4n) is 1.98. The van der Waals surface area contributed by atoms with Gasteiger partial charge < -0.3 is 5.32 Å². The number of hydrogen-bond acceptors (Lipinski definition) is 5. The fraction of sp³-hybridized carbons (Fsp3) is 0.692. The summed E-state index contributed by atoms with van der Waals surface area (Å²) in [5.41, 5.74) is 0. The van der Waals surface area contributed by atoms with E-state index in [0.29, 0.717) is 6.04 Å². The molecule has 100 valence electrons. The van der Waals surface area contributed by atoms with Gasteiger partial charge in [-0.2, -0.15) is 0 Å². The number of aliphatic imine (C=N–C) groups is 1. The van der Waals surface area contributed by atoms with Crippen LogP contribution in [-0.2, 0) is 0 Å². The Morgan fingerprint density at radius 2 is 2.22 bits per heavy atom. The summed E-state index contributed by atoms with van der Waals surface area (Å²) in [5, 5.41) is 5.70. The van der Waals surface area contributed by atoms with Crippen LogP contribution in [0.4, 0.5) is 0 Å². The smallest absolute Gasteiger partial charge is 0.157 e. The van der Waals surface area contributed by atoms with Crippen LogP contribution in [0, 0.1) is 12.8 Å². The number of aromatic nitrogens is 1. The van der Waals surface area contributed by atoms with Gasteiger partial charge in [-0.15, -0.1) is 11.3 Å². The summed E-state index contributed by atoms with van der Waals surface area (Å²) in [6, 6.07) is 0.746. The van der Waals surface area contributed by atoms with Crippen molar-refractivity contribution in [1.82, 2.24) is 10.3 Å². The normalized spacial score (nSPS) is 21.2. The third-order valence-electron chi connectivity index (χ3n) is 2.81. The molecule has 0 radical (unpaired) electrons. The Hall–Kier alpha value is -0.550. The van der Waals surface area contributed by atoms with Crippen LogP contribution in [0.3, 0.4) is 0 Å². The quantitative estimate of drug-likeness (QED) is 0.917. The van der Waals surface area contributed by atoms with Gasteiger partial charge in [-0.25, -0.2) is 4.98 Å². The predicted molar refractivity (Wildman–Crippen MR) is 81.5 cm³/mol. The van der Waals surface area contributed by atoms with E-state index in [9.17, 15) is 0 Å². The van der Waals surface area contributed by atoms with E-state index in [1.165, 1.54) is 11.3 Å². The van der Waals surface area contributed by atoms with E-state index in [-0.39, 0.29) is 6.04 Å². The van der Waals surface area contributed by atoms with E-state index in [4.69, 9.17) is 4.99 Å². The Morgan fingerprint density at radius 3 is 2.83 bits per heavy atom. The van der Waals surface area contributed by atoms with Gasteiger partial charge in [-0.05, 0) is 26.2 Å². The molecule has 0 spiro atoms. The molecule has 2 heterocycles. The standard InChI is InChI=1S/C13H21N3S2/c1-8(2)5-11-7-17-13(16-11)15-10(4)12-14-6-9(3)18-12/h6,8,10-11H,5,7H2,1-4H3,(H,15,16). The molecule has 0 bridgehead atoms. The third kappa shape index (κ3) is 3.72. The van der Waals surface area contributed by atoms with E-state index >= 15 is 0 Å². The van der Waals surface area contributed by atoms with Gasteiger partial charge in [0, 0.05) is 16.8 Å². The monoisotopic (exact) mass is 283 g/mol. The molecule has 1 N–H and O–H groups in total. The zero-order valence-corrected chi connectivity index (χ0v) is 13.1. The van der Waals surface area contributed by atoms with Gasteiger partial charge >= 0.3 is 0 Å². The molecular weight excluding hydrogens is 262 g/mol. The Kier molecular flexibility index (Phi) is 4.67. The van der Waals surface area contributed by atoms with Crippen molar-refractivity contribution in [2.75, 3.05) is 5.75 Å². The first-order valence-corrected chi connectivity index (χ1v) is 8.24. The van der Waals surface area contributed by atoms with Gasteiger partial charge in [0.05, 0.1) is 12.1 Å². The first-order valence-electron chi connectivity index (χ1n) is 6.44. The molecule has 1 aromatic rings. The van der Waals surface area contributed by atoms with E-state index in [2.05, 4.69) is 38.0 Å². The SMILES string of the molecule is Cc1cnc(C(C)NC2=NC(CC(C)C)CS2)s1. The second-order valence-electron chi connectivity index (χ2n) is 5.20. The molecule has 0 amide bonds. The summed E-state index contributed by atoms with van der Waals surface area (Å²) in [6.07, 6.45) is 3.12. The number of aryl methyl sites for hydroxylation is 1. The minimum Gasteiger partial charge on any atom is -0.356 e. The van der Waals surface area contributed by atoms with Crippen LogP contribution in [0.2, 0.25) is 0 Å². The number of hydrogen-bond donors (Lipinski definition) is 1. The highest BCUT2D eigenvalue weighted by molar-refractivity contribution is 8.14. The van der Waals surface area contributed by atoms with Crippen LogP contribution in [0.25, 0.3) is 0 Å². The van der Waals surface area contributed by atoms with E-state index < -0.39 is 0 Å². The number of nitrogens with one attached hydrogen (secondary N) is 1. The van der Waals surface area contributed by atoms with Crippen molar-refractivity contribution in [1.29, 1.82) is 0 Å². The van der Waals surface area contributed by atoms with Crippen molar-refractivity contribution in [3.8, 4) is 0 Å². The largest absolute Gasteiger partial charge is 0.356 e. The zero-order chi connectivity index (χ0) is 13.1. The highest BCUT2D eigenvalue weighted by Gasteiger charge is 2.21. The van der Waals surface area contributed by atoms with Crippen LogP contribution in [0.1, 0.15) is 43.1 Å². The average molecular weight is 283 g/mol. The van der Waals surface area contributed by atoms with Crippen LogP contribution >= 0.6 is 23.1 Å². The third-order valence-corrected chi connectivity index (χ3v) is 4.95. The average Bonchev–Trinajstić information content (AvgIpc) is 2.87. The topological polar surface area (TPSA) is 37.3 Å². The molecule has 0 saturated carbocycles. The molecule has 5 heteroatoms. The molecule has 0 aliphatic carbocycles. The van der Waals surface area contributed by atoms with Crippen molar-refractivity contribution in [2.24, 2.45) is 10.9 Å². The number of thioether (sulfide) groups is 1. The van der Waals surface area contributed by atoms with E-state index in [0.717, 1.165) is 21.8 Å². The summed E-state index contributed by atoms with van der Waals surface area (Å²) in [5.74, 6) is 1.84. The molecule has 2 rings (SSSR count). The fourth-order valence-corrected chi connectivity index (χ4v) is 3.80. The van der Waals surface area contributed by atoms with Crippen molar-refractivity contribution >= 4 is 28.3 Å². The summed E-state index contributed by atoms with van der Waals surface area (Å²) < 4.78 is 0. The van der Waals surface area contributed by atoms with Gasteiger partial charge in [0.1, 0.15) is 5.01 Å². The lowest BCUT2D eigenvalue weighted by molar-refractivity contribution is 0.528. The van der Waals surface area contributed by atoms with Crippen LogP contribution in [0.5, 0.6) is 0 Å². The maximum absolute atomic E-state index is 4.75. The molecule has 3 nitrogen and oxygen atoms in total. The minimum absolute atomic E-state index is 0.257. The number of nitrogens with zero attached hydrogens (tertiary/aromatic N) is 2. The Morgan fingerprint density at radius 1 is 1.44 bits per heavy atom. The van der Waals surface area contributed by atoms with Gasteiger partial charge in [-0.1, -0.05) is 25.6 Å². The molecule has 0 saturated heterocycles. The van der Waals surface area contributed by atoms with Gasteiger partial charge in [0.25, 0.3) is 0 Å². The lowest BCUT2D eigenvalue weighted by Crippen LogP contribution is -2.22. The van der Waals surface area contributed by atoms with Crippen LogP contribution in [0.15, 0.2) is 11.2 Å². The lowest BCUT2D eigenvalue weighted by atomic mass is 10.1. The van der Waals surface area contributed by atoms with Crippen LogP contribution in [-0.4, -0.2) is 21.9 Å². The maximum atomic E-state index is 4.75. The Balaban J connectivity index is 1.90. The second kappa shape index (κ2) is 6.06. The van der Waals surface area contributed by atoms with E-state index in [1.54, 1.807) is 11.3 Å². The number of amidine groups is 1. The van der Waals surface area contributed by atoms with E-state index in [1.807, 2.05) is 18.0 Å². The first kappa shape index (κ1) is 13.9. The Bertz CT molecular complexity index is 426. The second-order valence-corrected chi connectivity index (χ2v) is 7.48. The van der Waals surface area contributed by atoms with Crippen molar-refractivity contribution < 1.29 is 0 Å². The summed E-state index contributed by atoms with van der Waals surface area (Å²) >= 11 is 3.59. The van der Waals surface area contributed by atoms with Gasteiger partial charge in [0.2, 0.25) is 0 Å². The predicted octanol–water partition coefficient (Wildman–Crippen LogP) is 3.62. The molecule has 0 aromatic carbocycles. The highest BCUT2D eigenvalue weighted by atomic mass is 32.2. The van der Waals surface area contributed by atoms with Crippen LogP contribution < -0.4 is 5.32 Å². The summed E-state index contributed by atoms with van der Waals surface area (Å²) in [7, 11) is 0. The molecule has 18 heavy (non-hydrogen) atoms. The van der Waals surface area contributed by atoms with Gasteiger partial charge in [0.15, 0.2) is 5.17 Å². The molecule has 1 aliphatic rings.